The Kier molecular flexibility index (Phi) is 9.41. The van der Waals surface area contributed by atoms with E-state index in [1.807, 2.05) is 25.1 Å². The third-order valence-electron chi connectivity index (χ3n) is 4.91. The van der Waals surface area contributed by atoms with Crippen molar-refractivity contribution in [3.05, 3.63) is 92.4 Å². The molecule has 0 heterocycles. The van der Waals surface area contributed by atoms with Gasteiger partial charge >= 0.3 is 0 Å². The van der Waals surface area contributed by atoms with Gasteiger partial charge in [0, 0.05) is 29.1 Å². The molecule has 0 aliphatic heterocycles. The van der Waals surface area contributed by atoms with Gasteiger partial charge in [0.25, 0.3) is 0 Å². The molecule has 0 unspecified atom stereocenters. The Hall–Kier alpha value is -3.67. The molecule has 35 heavy (non-hydrogen) atoms. The monoisotopic (exact) mass is 552 g/mol. The van der Waals surface area contributed by atoms with Gasteiger partial charge in [0.1, 0.15) is 12.4 Å². The van der Waals surface area contributed by atoms with Crippen LogP contribution in [0.25, 0.3) is 0 Å². The number of benzene rings is 3. The van der Waals surface area contributed by atoms with Gasteiger partial charge in [0.05, 0.1) is 22.3 Å². The van der Waals surface area contributed by atoms with E-state index in [0.717, 1.165) is 16.7 Å². The minimum atomic E-state index is -0.381. The number of hydrogen-bond acceptors (Lipinski definition) is 5. The summed E-state index contributed by atoms with van der Waals surface area (Å²) in [7, 11) is 0. The summed E-state index contributed by atoms with van der Waals surface area (Å²) >= 11 is 9.51. The van der Waals surface area contributed by atoms with Crippen LogP contribution in [0, 0.1) is 18.3 Å². The highest BCUT2D eigenvalue weighted by Crippen LogP contribution is 2.27. The smallest absolute Gasteiger partial charge is 0.240 e. The number of nitrogens with zero attached hydrogens (tertiary/aromatic N) is 2. The van der Waals surface area contributed by atoms with Gasteiger partial charge < -0.3 is 10.1 Å². The number of aryl methyl sites for hydroxylation is 1. The first-order chi connectivity index (χ1) is 16.9. The molecule has 0 saturated heterocycles. The van der Waals surface area contributed by atoms with Crippen molar-refractivity contribution in [2.75, 3.05) is 5.32 Å². The standard InChI is InChI=1S/C26H22BrClN4O3/c1-17-6-8-21(13-23(17)28)31-25(33)10-11-26(34)32-30-15-18-7-9-24(22(27)12-18)35-16-20-5-3-2-4-19(20)14-29/h2-9,12-13,15H,10-11,16H2,1H3,(H,31,33)(H,32,34). The Labute approximate surface area is 216 Å². The Morgan fingerprint density at radius 1 is 1.11 bits per heavy atom. The van der Waals surface area contributed by atoms with E-state index in [1.165, 1.54) is 6.21 Å². The van der Waals surface area contributed by atoms with E-state index in [2.05, 4.69) is 37.8 Å². The zero-order valence-corrected chi connectivity index (χ0v) is 21.2. The average molecular weight is 554 g/mol. The number of carbonyl (C=O) groups is 2. The van der Waals surface area contributed by atoms with E-state index in [9.17, 15) is 14.9 Å². The molecule has 2 amide bonds. The first kappa shape index (κ1) is 25.9. The molecule has 3 aromatic rings. The fraction of sp³-hybridized carbons (Fsp3) is 0.154. The van der Waals surface area contributed by atoms with Crippen LogP contribution in [-0.4, -0.2) is 18.0 Å². The van der Waals surface area contributed by atoms with Crippen molar-refractivity contribution >= 4 is 51.2 Å². The third kappa shape index (κ3) is 7.95. The van der Waals surface area contributed by atoms with Crippen molar-refractivity contribution in [1.29, 1.82) is 5.26 Å². The van der Waals surface area contributed by atoms with Crippen LogP contribution in [-0.2, 0) is 16.2 Å². The lowest BCUT2D eigenvalue weighted by atomic mass is 10.1. The summed E-state index contributed by atoms with van der Waals surface area (Å²) in [6.45, 7) is 2.13. The minimum Gasteiger partial charge on any atom is -0.488 e. The third-order valence-corrected chi connectivity index (χ3v) is 5.94. The van der Waals surface area contributed by atoms with Crippen molar-refractivity contribution in [3.8, 4) is 11.8 Å². The maximum absolute atomic E-state index is 12.1. The number of amides is 2. The molecule has 9 heteroatoms. The largest absolute Gasteiger partial charge is 0.488 e. The summed E-state index contributed by atoms with van der Waals surface area (Å²) < 4.78 is 6.52. The number of carbonyl (C=O) groups excluding carboxylic acids is 2. The molecule has 0 aliphatic rings. The van der Waals surface area contributed by atoms with Gasteiger partial charge in [0.2, 0.25) is 11.8 Å². The second-order valence-corrected chi connectivity index (χ2v) is 8.81. The van der Waals surface area contributed by atoms with Crippen molar-refractivity contribution in [2.24, 2.45) is 5.10 Å². The van der Waals surface area contributed by atoms with Crippen LogP contribution in [0.4, 0.5) is 5.69 Å². The van der Waals surface area contributed by atoms with E-state index in [-0.39, 0.29) is 31.3 Å². The summed E-state index contributed by atoms with van der Waals surface area (Å²) in [5.41, 5.74) is 6.01. The molecule has 0 aromatic heterocycles. The number of anilines is 1. The van der Waals surface area contributed by atoms with Gasteiger partial charge in [-0.05, 0) is 70.4 Å². The second-order valence-electron chi connectivity index (χ2n) is 7.55. The van der Waals surface area contributed by atoms with Gasteiger partial charge in [-0.25, -0.2) is 5.43 Å². The lowest BCUT2D eigenvalue weighted by Gasteiger charge is -2.10. The van der Waals surface area contributed by atoms with Crippen LogP contribution in [0.2, 0.25) is 5.02 Å². The number of halogens is 2. The SMILES string of the molecule is Cc1ccc(NC(=O)CCC(=O)NN=Cc2ccc(OCc3ccccc3C#N)c(Br)c2)cc1Cl. The van der Waals surface area contributed by atoms with Gasteiger partial charge in [0.15, 0.2) is 0 Å². The number of rotatable bonds is 9. The highest BCUT2D eigenvalue weighted by atomic mass is 79.9. The molecule has 0 fully saturated rings. The maximum atomic E-state index is 12.1. The zero-order valence-electron chi connectivity index (χ0n) is 18.8. The van der Waals surface area contributed by atoms with Crippen molar-refractivity contribution in [3.63, 3.8) is 0 Å². The molecule has 0 atom stereocenters. The summed E-state index contributed by atoms with van der Waals surface area (Å²) in [6.07, 6.45) is 1.49. The second kappa shape index (κ2) is 12.7. The number of ether oxygens (including phenoxy) is 1. The Morgan fingerprint density at radius 2 is 1.89 bits per heavy atom. The molecule has 0 radical (unpaired) electrons. The van der Waals surface area contributed by atoms with Gasteiger partial charge in [-0.3, -0.25) is 9.59 Å². The van der Waals surface area contributed by atoms with E-state index >= 15 is 0 Å². The fourth-order valence-electron chi connectivity index (χ4n) is 2.98. The molecule has 178 valence electrons. The highest BCUT2D eigenvalue weighted by molar-refractivity contribution is 9.10. The molecule has 2 N–H and O–H groups in total. The van der Waals surface area contributed by atoms with E-state index in [1.54, 1.807) is 42.5 Å². The van der Waals surface area contributed by atoms with Gasteiger partial charge in [-0.1, -0.05) is 35.9 Å². The molecule has 3 aromatic carbocycles. The van der Waals surface area contributed by atoms with Gasteiger partial charge in [-0.15, -0.1) is 0 Å². The zero-order chi connectivity index (χ0) is 25.2. The molecule has 0 aliphatic carbocycles. The molecular weight excluding hydrogens is 532 g/mol. The Balaban J connectivity index is 1.45. The molecule has 0 saturated carbocycles. The van der Waals surface area contributed by atoms with Crippen LogP contribution >= 0.6 is 27.5 Å². The first-order valence-corrected chi connectivity index (χ1v) is 11.8. The molecular formula is C26H22BrClN4O3. The topological polar surface area (TPSA) is 104 Å². The quantitative estimate of drug-likeness (QED) is 0.261. The lowest BCUT2D eigenvalue weighted by molar-refractivity contribution is -0.124. The lowest BCUT2D eigenvalue weighted by Crippen LogP contribution is -2.20. The number of hydrazone groups is 1. The van der Waals surface area contributed by atoms with Crippen molar-refractivity contribution < 1.29 is 14.3 Å². The van der Waals surface area contributed by atoms with Gasteiger partial charge in [-0.2, -0.15) is 10.4 Å². The van der Waals surface area contributed by atoms with Crippen LogP contribution in [0.3, 0.4) is 0 Å². The van der Waals surface area contributed by atoms with Crippen LogP contribution in [0.5, 0.6) is 5.75 Å². The number of hydrogen-bond donors (Lipinski definition) is 2. The van der Waals surface area contributed by atoms with Crippen LogP contribution in [0.15, 0.2) is 70.2 Å². The predicted octanol–water partition coefficient (Wildman–Crippen LogP) is 5.73. The van der Waals surface area contributed by atoms with E-state index < -0.39 is 0 Å². The molecule has 0 spiro atoms. The average Bonchev–Trinajstić information content (AvgIpc) is 2.84. The summed E-state index contributed by atoms with van der Waals surface area (Å²) in [6, 6.07) is 20.0. The number of nitriles is 1. The normalized spacial score (nSPS) is 10.6. The van der Waals surface area contributed by atoms with Crippen LogP contribution in [0.1, 0.15) is 35.1 Å². The highest BCUT2D eigenvalue weighted by Gasteiger charge is 2.08. The molecule has 3 rings (SSSR count). The van der Waals surface area contributed by atoms with Crippen molar-refractivity contribution in [2.45, 2.75) is 26.4 Å². The maximum Gasteiger partial charge on any atom is 0.240 e. The summed E-state index contributed by atoms with van der Waals surface area (Å²) in [4.78, 5) is 24.1. The molecule has 0 bridgehead atoms. The predicted molar refractivity (Wildman–Crippen MR) is 139 cm³/mol. The Morgan fingerprint density at radius 3 is 2.63 bits per heavy atom. The minimum absolute atomic E-state index is 0.0105. The van der Waals surface area contributed by atoms with Crippen molar-refractivity contribution in [1.82, 2.24) is 5.43 Å². The first-order valence-electron chi connectivity index (χ1n) is 10.6. The van der Waals surface area contributed by atoms with E-state index in [0.29, 0.717) is 26.5 Å². The number of nitrogens with one attached hydrogen (secondary N) is 2. The molecule has 7 nitrogen and oxygen atoms in total. The summed E-state index contributed by atoms with van der Waals surface area (Å²) in [5.74, 6) is -0.0608. The fourth-order valence-corrected chi connectivity index (χ4v) is 3.67. The van der Waals surface area contributed by atoms with E-state index in [4.69, 9.17) is 16.3 Å². The summed E-state index contributed by atoms with van der Waals surface area (Å²) in [5, 5.41) is 16.4. The van der Waals surface area contributed by atoms with Crippen LogP contribution < -0.4 is 15.5 Å². The Bertz CT molecular complexity index is 1300.